The number of thioether (sulfide) groups is 1. The minimum Gasteiger partial charge on any atom is -0.493 e. The SMILES string of the molecule is COc1c(CC(C)(C)C(=O)O)cc(F)c(SC)c1OC. The molecule has 0 aliphatic heterocycles. The molecule has 0 bridgehead atoms. The number of aliphatic carboxylic acids is 1. The van der Waals surface area contributed by atoms with Crippen molar-refractivity contribution in [2.75, 3.05) is 20.5 Å². The summed E-state index contributed by atoms with van der Waals surface area (Å²) in [7, 11) is 2.89. The van der Waals surface area contributed by atoms with Crippen LogP contribution in [0.4, 0.5) is 4.39 Å². The summed E-state index contributed by atoms with van der Waals surface area (Å²) >= 11 is 1.21. The minimum atomic E-state index is -1.02. The standard InChI is InChI=1S/C14H19FO4S/c1-14(2,13(16)17)7-8-6-9(15)12(20-5)11(19-4)10(8)18-3/h6H,7H2,1-5H3,(H,16,17). The van der Waals surface area contributed by atoms with E-state index in [2.05, 4.69) is 0 Å². The topological polar surface area (TPSA) is 55.8 Å². The number of halogens is 1. The summed E-state index contributed by atoms with van der Waals surface area (Å²) in [5.74, 6) is -0.706. The molecule has 0 heterocycles. The van der Waals surface area contributed by atoms with Crippen LogP contribution < -0.4 is 9.47 Å². The zero-order chi connectivity index (χ0) is 15.5. The molecule has 0 saturated heterocycles. The van der Waals surface area contributed by atoms with Crippen LogP contribution in [0.25, 0.3) is 0 Å². The molecule has 6 heteroatoms. The molecule has 0 unspecified atom stereocenters. The first-order valence-corrected chi connectivity index (χ1v) is 7.21. The lowest BCUT2D eigenvalue weighted by Crippen LogP contribution is -2.26. The summed E-state index contributed by atoms with van der Waals surface area (Å²) in [6.07, 6.45) is 1.88. The minimum absolute atomic E-state index is 0.146. The molecule has 0 amide bonds. The van der Waals surface area contributed by atoms with Crippen LogP contribution in [0.1, 0.15) is 19.4 Å². The number of methoxy groups -OCH3 is 2. The zero-order valence-electron chi connectivity index (χ0n) is 12.2. The highest BCUT2D eigenvalue weighted by molar-refractivity contribution is 7.98. The molecule has 0 atom stereocenters. The Morgan fingerprint density at radius 1 is 1.35 bits per heavy atom. The first-order chi connectivity index (χ1) is 9.28. The smallest absolute Gasteiger partial charge is 0.309 e. The molecule has 1 N–H and O–H groups in total. The van der Waals surface area contributed by atoms with E-state index in [1.807, 2.05) is 0 Å². The number of hydrogen-bond donors (Lipinski definition) is 1. The second kappa shape index (κ2) is 6.35. The maximum Gasteiger partial charge on any atom is 0.309 e. The molecule has 112 valence electrons. The molecule has 1 aromatic rings. The van der Waals surface area contributed by atoms with Crippen molar-refractivity contribution in [3.05, 3.63) is 17.4 Å². The zero-order valence-corrected chi connectivity index (χ0v) is 13.1. The molecule has 0 aliphatic rings. The van der Waals surface area contributed by atoms with Crippen molar-refractivity contribution in [1.29, 1.82) is 0 Å². The fourth-order valence-electron chi connectivity index (χ4n) is 1.92. The molecule has 4 nitrogen and oxygen atoms in total. The summed E-state index contributed by atoms with van der Waals surface area (Å²) in [6, 6.07) is 1.32. The summed E-state index contributed by atoms with van der Waals surface area (Å²) in [4.78, 5) is 11.6. The number of carboxylic acid groups (broad SMARTS) is 1. The predicted molar refractivity (Wildman–Crippen MR) is 76.4 cm³/mol. The van der Waals surface area contributed by atoms with E-state index in [1.165, 1.54) is 32.0 Å². The quantitative estimate of drug-likeness (QED) is 0.818. The maximum absolute atomic E-state index is 14.1. The third-order valence-electron chi connectivity index (χ3n) is 3.05. The van der Waals surface area contributed by atoms with Gasteiger partial charge in [0, 0.05) is 5.56 Å². The summed E-state index contributed by atoms with van der Waals surface area (Å²) < 4.78 is 24.6. The Labute approximate surface area is 122 Å². The predicted octanol–water partition coefficient (Wildman–Crippen LogP) is 3.22. The highest BCUT2D eigenvalue weighted by Gasteiger charge is 2.31. The third kappa shape index (κ3) is 3.17. The van der Waals surface area contributed by atoms with Crippen molar-refractivity contribution in [1.82, 2.24) is 0 Å². The van der Waals surface area contributed by atoms with Gasteiger partial charge in [0.1, 0.15) is 5.82 Å². The van der Waals surface area contributed by atoms with Crippen LogP contribution in [0.2, 0.25) is 0 Å². The van der Waals surface area contributed by atoms with Gasteiger partial charge in [-0.15, -0.1) is 11.8 Å². The third-order valence-corrected chi connectivity index (χ3v) is 3.83. The van der Waals surface area contributed by atoms with E-state index in [9.17, 15) is 14.3 Å². The monoisotopic (exact) mass is 302 g/mol. The first-order valence-electron chi connectivity index (χ1n) is 5.99. The van der Waals surface area contributed by atoms with E-state index in [-0.39, 0.29) is 6.42 Å². The molecule has 0 aromatic heterocycles. The number of carboxylic acids is 1. The largest absolute Gasteiger partial charge is 0.493 e. The lowest BCUT2D eigenvalue weighted by Gasteiger charge is -2.22. The number of hydrogen-bond acceptors (Lipinski definition) is 4. The number of carbonyl (C=O) groups is 1. The van der Waals surface area contributed by atoms with Gasteiger partial charge in [-0.05, 0) is 32.6 Å². The molecule has 0 spiro atoms. The van der Waals surface area contributed by atoms with E-state index in [4.69, 9.17) is 9.47 Å². The summed E-state index contributed by atoms with van der Waals surface area (Å²) in [5, 5.41) is 9.19. The van der Waals surface area contributed by atoms with Gasteiger partial charge in [0.25, 0.3) is 0 Å². The van der Waals surface area contributed by atoms with Crippen LogP contribution >= 0.6 is 11.8 Å². The Balaban J connectivity index is 3.41. The Morgan fingerprint density at radius 2 is 1.90 bits per heavy atom. The van der Waals surface area contributed by atoms with Gasteiger partial charge in [-0.3, -0.25) is 4.79 Å². The molecule has 0 aliphatic carbocycles. The number of ether oxygens (including phenoxy) is 2. The highest BCUT2D eigenvalue weighted by atomic mass is 32.2. The Morgan fingerprint density at radius 3 is 2.30 bits per heavy atom. The molecule has 1 rings (SSSR count). The van der Waals surface area contributed by atoms with E-state index < -0.39 is 17.2 Å². The van der Waals surface area contributed by atoms with Gasteiger partial charge in [-0.1, -0.05) is 0 Å². The van der Waals surface area contributed by atoms with Crippen LogP contribution in [-0.2, 0) is 11.2 Å². The lowest BCUT2D eigenvalue weighted by molar-refractivity contribution is -0.146. The number of rotatable bonds is 6. The fraction of sp³-hybridized carbons (Fsp3) is 0.500. The Kier molecular flexibility index (Phi) is 5.28. The van der Waals surface area contributed by atoms with Gasteiger partial charge < -0.3 is 14.6 Å². The molecule has 0 fully saturated rings. The lowest BCUT2D eigenvalue weighted by atomic mass is 9.85. The maximum atomic E-state index is 14.1. The van der Waals surface area contributed by atoms with Gasteiger partial charge in [0.15, 0.2) is 11.5 Å². The first kappa shape index (κ1) is 16.6. The molecule has 1 aromatic carbocycles. The van der Waals surface area contributed by atoms with Crippen LogP contribution in [0.5, 0.6) is 11.5 Å². The van der Waals surface area contributed by atoms with Crippen molar-refractivity contribution < 1.29 is 23.8 Å². The van der Waals surface area contributed by atoms with Crippen molar-refractivity contribution in [3.63, 3.8) is 0 Å². The molecular weight excluding hydrogens is 283 g/mol. The van der Waals surface area contributed by atoms with Crippen LogP contribution in [0, 0.1) is 11.2 Å². The van der Waals surface area contributed by atoms with Crippen molar-refractivity contribution in [2.24, 2.45) is 5.41 Å². The van der Waals surface area contributed by atoms with E-state index in [1.54, 1.807) is 20.1 Å². The van der Waals surface area contributed by atoms with Gasteiger partial charge >= 0.3 is 5.97 Å². The van der Waals surface area contributed by atoms with Gasteiger partial charge in [0.2, 0.25) is 0 Å². The van der Waals surface area contributed by atoms with Gasteiger partial charge in [0.05, 0.1) is 24.5 Å². The second-order valence-corrected chi connectivity index (χ2v) is 5.80. The summed E-state index contributed by atoms with van der Waals surface area (Å²) in [6.45, 7) is 3.17. The van der Waals surface area contributed by atoms with E-state index in [0.29, 0.717) is 22.0 Å². The number of benzene rings is 1. The van der Waals surface area contributed by atoms with Crippen molar-refractivity contribution in [3.8, 4) is 11.5 Å². The van der Waals surface area contributed by atoms with Crippen molar-refractivity contribution >= 4 is 17.7 Å². The Bertz CT molecular complexity index is 514. The molecular formula is C14H19FO4S. The molecule has 20 heavy (non-hydrogen) atoms. The fourth-order valence-corrected chi connectivity index (χ4v) is 2.54. The van der Waals surface area contributed by atoms with Crippen LogP contribution in [0.3, 0.4) is 0 Å². The normalized spacial score (nSPS) is 11.3. The van der Waals surface area contributed by atoms with Crippen molar-refractivity contribution in [2.45, 2.75) is 25.2 Å². The van der Waals surface area contributed by atoms with Crippen LogP contribution in [0.15, 0.2) is 11.0 Å². The average molecular weight is 302 g/mol. The highest BCUT2D eigenvalue weighted by Crippen LogP contribution is 2.43. The second-order valence-electron chi connectivity index (χ2n) is 4.98. The molecule has 0 radical (unpaired) electrons. The van der Waals surface area contributed by atoms with E-state index >= 15 is 0 Å². The van der Waals surface area contributed by atoms with E-state index in [0.717, 1.165) is 0 Å². The Hall–Kier alpha value is -1.43. The van der Waals surface area contributed by atoms with Crippen LogP contribution in [-0.4, -0.2) is 31.6 Å². The average Bonchev–Trinajstić information content (AvgIpc) is 2.37. The summed E-state index contributed by atoms with van der Waals surface area (Å²) in [5.41, 5.74) is -0.543. The van der Waals surface area contributed by atoms with Gasteiger partial charge in [-0.2, -0.15) is 0 Å². The molecule has 0 saturated carbocycles. The van der Waals surface area contributed by atoms with Gasteiger partial charge in [-0.25, -0.2) is 4.39 Å².